The average Bonchev–Trinajstić information content (AvgIpc) is 2.29. The molecule has 15 heavy (non-hydrogen) atoms. The highest BCUT2D eigenvalue weighted by Gasteiger charge is 2.23. The van der Waals surface area contributed by atoms with Crippen molar-refractivity contribution in [2.45, 2.75) is 30.6 Å². The second kappa shape index (κ2) is 4.94. The first-order chi connectivity index (χ1) is 7.27. The lowest BCUT2D eigenvalue weighted by Crippen LogP contribution is -2.19. The van der Waals surface area contributed by atoms with Gasteiger partial charge in [-0.15, -0.1) is 0 Å². The van der Waals surface area contributed by atoms with E-state index >= 15 is 0 Å². The summed E-state index contributed by atoms with van der Waals surface area (Å²) in [7, 11) is 0. The SMILES string of the molecule is OC(c1cncc(F)c1)C1CCCCS1. The number of pyridine rings is 1. The largest absolute Gasteiger partial charge is 0.387 e. The van der Waals surface area contributed by atoms with E-state index < -0.39 is 6.10 Å². The van der Waals surface area contributed by atoms with Gasteiger partial charge >= 0.3 is 0 Å². The summed E-state index contributed by atoms with van der Waals surface area (Å²) in [5.74, 6) is 0.706. The van der Waals surface area contributed by atoms with Gasteiger partial charge in [0.05, 0.1) is 12.3 Å². The van der Waals surface area contributed by atoms with Gasteiger partial charge in [0.15, 0.2) is 0 Å². The van der Waals surface area contributed by atoms with E-state index in [4.69, 9.17) is 0 Å². The van der Waals surface area contributed by atoms with Crippen LogP contribution in [0.15, 0.2) is 18.5 Å². The summed E-state index contributed by atoms with van der Waals surface area (Å²) in [6, 6.07) is 1.37. The molecule has 2 nitrogen and oxygen atoms in total. The molecule has 4 heteroatoms. The summed E-state index contributed by atoms with van der Waals surface area (Å²) in [5, 5.41) is 10.2. The fraction of sp³-hybridized carbons (Fsp3) is 0.545. The van der Waals surface area contributed by atoms with Crippen LogP contribution < -0.4 is 0 Å². The van der Waals surface area contributed by atoms with Gasteiger partial charge in [0, 0.05) is 17.0 Å². The van der Waals surface area contributed by atoms with Crippen LogP contribution in [-0.4, -0.2) is 21.1 Å². The van der Waals surface area contributed by atoms with Gasteiger partial charge in [0.25, 0.3) is 0 Å². The molecule has 2 unspecified atom stereocenters. The molecule has 0 aromatic carbocycles. The minimum Gasteiger partial charge on any atom is -0.387 e. The van der Waals surface area contributed by atoms with Gasteiger partial charge in [-0.25, -0.2) is 4.39 Å². The predicted molar refractivity (Wildman–Crippen MR) is 59.3 cm³/mol. The first kappa shape index (κ1) is 10.9. The van der Waals surface area contributed by atoms with Gasteiger partial charge in [-0.3, -0.25) is 4.98 Å². The lowest BCUT2D eigenvalue weighted by atomic mass is 10.0. The molecule has 2 atom stereocenters. The van der Waals surface area contributed by atoms with Crippen LogP contribution in [0.2, 0.25) is 0 Å². The Kier molecular flexibility index (Phi) is 3.59. The Hall–Kier alpha value is -0.610. The van der Waals surface area contributed by atoms with Crippen LogP contribution >= 0.6 is 11.8 Å². The molecule has 1 aromatic heterocycles. The van der Waals surface area contributed by atoms with Crippen LogP contribution in [0, 0.1) is 5.82 Å². The van der Waals surface area contributed by atoms with E-state index in [2.05, 4.69) is 4.98 Å². The second-order valence-corrected chi connectivity index (χ2v) is 5.13. The van der Waals surface area contributed by atoms with Crippen LogP contribution in [0.5, 0.6) is 0 Å². The number of aliphatic hydroxyl groups is 1. The lowest BCUT2D eigenvalue weighted by molar-refractivity contribution is 0.168. The van der Waals surface area contributed by atoms with Crippen molar-refractivity contribution >= 4 is 11.8 Å². The lowest BCUT2D eigenvalue weighted by Gasteiger charge is -2.26. The Morgan fingerprint density at radius 1 is 1.47 bits per heavy atom. The third kappa shape index (κ3) is 2.69. The minimum absolute atomic E-state index is 0.197. The van der Waals surface area contributed by atoms with Crippen molar-refractivity contribution in [3.05, 3.63) is 29.8 Å². The first-order valence-electron chi connectivity index (χ1n) is 5.17. The summed E-state index contributed by atoms with van der Waals surface area (Å²) in [4.78, 5) is 3.76. The Morgan fingerprint density at radius 3 is 3.00 bits per heavy atom. The third-order valence-electron chi connectivity index (χ3n) is 2.63. The van der Waals surface area contributed by atoms with E-state index in [0.29, 0.717) is 5.56 Å². The number of aliphatic hydroxyl groups excluding tert-OH is 1. The number of halogens is 1. The topological polar surface area (TPSA) is 33.1 Å². The molecule has 1 aliphatic heterocycles. The van der Waals surface area contributed by atoms with E-state index in [1.165, 1.54) is 12.5 Å². The van der Waals surface area contributed by atoms with Crippen LogP contribution in [0.4, 0.5) is 4.39 Å². The van der Waals surface area contributed by atoms with Crippen molar-refractivity contribution in [2.24, 2.45) is 0 Å². The van der Waals surface area contributed by atoms with E-state index in [-0.39, 0.29) is 11.1 Å². The van der Waals surface area contributed by atoms with Gasteiger partial charge in [-0.2, -0.15) is 11.8 Å². The molecular formula is C11H14FNOS. The molecule has 1 fully saturated rings. The highest BCUT2D eigenvalue weighted by Crippen LogP contribution is 2.34. The highest BCUT2D eigenvalue weighted by atomic mass is 32.2. The molecule has 1 saturated heterocycles. The second-order valence-electron chi connectivity index (χ2n) is 3.79. The maximum atomic E-state index is 12.9. The normalized spacial score (nSPS) is 23.7. The van der Waals surface area contributed by atoms with E-state index in [1.807, 2.05) is 0 Å². The van der Waals surface area contributed by atoms with Crippen molar-refractivity contribution in [1.82, 2.24) is 4.98 Å². The number of hydrogen-bond acceptors (Lipinski definition) is 3. The monoisotopic (exact) mass is 227 g/mol. The maximum absolute atomic E-state index is 12.9. The van der Waals surface area contributed by atoms with Crippen LogP contribution in [-0.2, 0) is 0 Å². The minimum atomic E-state index is -0.585. The zero-order valence-electron chi connectivity index (χ0n) is 8.40. The predicted octanol–water partition coefficient (Wildman–Crippen LogP) is 2.54. The van der Waals surface area contributed by atoms with Crippen molar-refractivity contribution in [3.8, 4) is 0 Å². The Morgan fingerprint density at radius 2 is 2.33 bits per heavy atom. The molecular weight excluding hydrogens is 213 g/mol. The van der Waals surface area contributed by atoms with Crippen molar-refractivity contribution in [1.29, 1.82) is 0 Å². The summed E-state index contributed by atoms with van der Waals surface area (Å²) >= 11 is 1.77. The maximum Gasteiger partial charge on any atom is 0.141 e. The molecule has 0 radical (unpaired) electrons. The molecule has 1 aliphatic rings. The molecule has 0 spiro atoms. The van der Waals surface area contributed by atoms with Crippen molar-refractivity contribution in [2.75, 3.05) is 5.75 Å². The number of rotatable bonds is 2. The van der Waals surface area contributed by atoms with Gasteiger partial charge < -0.3 is 5.11 Å². The van der Waals surface area contributed by atoms with Crippen molar-refractivity contribution < 1.29 is 9.50 Å². The molecule has 2 heterocycles. The van der Waals surface area contributed by atoms with Crippen LogP contribution in [0.3, 0.4) is 0 Å². The molecule has 1 N–H and O–H groups in total. The molecule has 82 valence electrons. The highest BCUT2D eigenvalue weighted by molar-refractivity contribution is 7.99. The van der Waals surface area contributed by atoms with E-state index in [9.17, 15) is 9.50 Å². The summed E-state index contributed by atoms with van der Waals surface area (Å²) < 4.78 is 12.9. The number of thioether (sulfide) groups is 1. The standard InChI is InChI=1S/C11H14FNOS/c12-9-5-8(6-13-7-9)11(14)10-3-1-2-4-15-10/h5-7,10-11,14H,1-4H2. The van der Waals surface area contributed by atoms with Gasteiger partial charge in [-0.05, 0) is 24.7 Å². The number of aromatic nitrogens is 1. The van der Waals surface area contributed by atoms with Crippen LogP contribution in [0.25, 0.3) is 0 Å². The third-order valence-corrected chi connectivity index (χ3v) is 4.08. The molecule has 1 aromatic rings. The van der Waals surface area contributed by atoms with Crippen molar-refractivity contribution in [3.63, 3.8) is 0 Å². The van der Waals surface area contributed by atoms with E-state index in [1.54, 1.807) is 18.0 Å². The zero-order chi connectivity index (χ0) is 10.7. The Labute approximate surface area is 92.9 Å². The molecule has 0 saturated carbocycles. The molecule has 0 bridgehead atoms. The average molecular weight is 227 g/mol. The molecule has 0 amide bonds. The van der Waals surface area contributed by atoms with Gasteiger partial charge in [-0.1, -0.05) is 6.42 Å². The summed E-state index contributed by atoms with van der Waals surface area (Å²) in [6.07, 6.45) is 5.49. The molecule has 2 rings (SSSR count). The quantitative estimate of drug-likeness (QED) is 0.842. The Bertz CT molecular complexity index is 328. The summed E-state index contributed by atoms with van der Waals surface area (Å²) in [5.41, 5.74) is 0.592. The smallest absolute Gasteiger partial charge is 0.141 e. The zero-order valence-corrected chi connectivity index (χ0v) is 9.21. The summed E-state index contributed by atoms with van der Waals surface area (Å²) in [6.45, 7) is 0. The fourth-order valence-electron chi connectivity index (χ4n) is 1.82. The van der Waals surface area contributed by atoms with Gasteiger partial charge in [0.2, 0.25) is 0 Å². The fourth-order valence-corrected chi connectivity index (χ4v) is 3.17. The van der Waals surface area contributed by atoms with Gasteiger partial charge in [0.1, 0.15) is 5.82 Å². The first-order valence-corrected chi connectivity index (χ1v) is 6.22. The molecule has 0 aliphatic carbocycles. The number of hydrogen-bond donors (Lipinski definition) is 1. The number of nitrogens with zero attached hydrogens (tertiary/aromatic N) is 1. The van der Waals surface area contributed by atoms with E-state index in [0.717, 1.165) is 24.8 Å². The Balaban J connectivity index is 2.08. The van der Waals surface area contributed by atoms with Crippen LogP contribution in [0.1, 0.15) is 30.9 Å².